The topological polar surface area (TPSA) is 26.0 Å². The van der Waals surface area contributed by atoms with E-state index in [2.05, 4.69) is 0 Å². The van der Waals surface area contributed by atoms with Crippen LogP contribution in [0.25, 0.3) is 6.08 Å². The van der Waals surface area contributed by atoms with Gasteiger partial charge in [0.15, 0.2) is 11.6 Å². The summed E-state index contributed by atoms with van der Waals surface area (Å²) in [4.78, 5) is 0. The van der Waals surface area contributed by atoms with E-state index in [1.54, 1.807) is 12.2 Å². The fraction of sp³-hybridized carbons (Fsp3) is 0.111. The van der Waals surface area contributed by atoms with E-state index in [1.165, 1.54) is 6.07 Å². The van der Waals surface area contributed by atoms with E-state index in [0.717, 1.165) is 6.07 Å². The molecule has 0 bridgehead atoms. The molecular weight excluding hydrogens is 196 g/mol. The Balaban J connectivity index is 3.11. The van der Waals surface area contributed by atoms with E-state index in [-0.39, 0.29) is 5.02 Å². The summed E-state index contributed by atoms with van der Waals surface area (Å²) < 4.78 is 25.4. The quantitative estimate of drug-likeness (QED) is 0.735. The second-order valence-electron chi connectivity index (χ2n) is 2.40. The number of hydrogen-bond donors (Lipinski definition) is 1. The molecule has 0 aromatic heterocycles. The van der Waals surface area contributed by atoms with E-state index in [4.69, 9.17) is 17.3 Å². The molecule has 0 amide bonds. The molecule has 0 fully saturated rings. The molecule has 13 heavy (non-hydrogen) atoms. The monoisotopic (exact) mass is 203 g/mol. The van der Waals surface area contributed by atoms with Crippen LogP contribution in [0.2, 0.25) is 5.02 Å². The smallest absolute Gasteiger partial charge is 0.177 e. The highest BCUT2D eigenvalue weighted by Crippen LogP contribution is 2.23. The predicted octanol–water partition coefficient (Wildman–Crippen LogP) is 2.59. The predicted molar refractivity (Wildman–Crippen MR) is 49.5 cm³/mol. The molecule has 1 aromatic carbocycles. The average Bonchev–Trinajstić information content (AvgIpc) is 2.13. The van der Waals surface area contributed by atoms with E-state index >= 15 is 0 Å². The first-order valence-corrected chi connectivity index (χ1v) is 4.04. The third-order valence-corrected chi connectivity index (χ3v) is 1.88. The zero-order valence-corrected chi connectivity index (χ0v) is 7.48. The minimum Gasteiger partial charge on any atom is -0.327 e. The molecule has 1 rings (SSSR count). The van der Waals surface area contributed by atoms with Gasteiger partial charge in [0.05, 0.1) is 5.02 Å². The summed E-state index contributed by atoms with van der Waals surface area (Å²) in [6.07, 6.45) is 3.16. The molecule has 0 saturated heterocycles. The van der Waals surface area contributed by atoms with Gasteiger partial charge in [0.1, 0.15) is 0 Å². The summed E-state index contributed by atoms with van der Waals surface area (Å²) in [7, 11) is 0. The molecule has 0 atom stereocenters. The molecule has 0 radical (unpaired) electrons. The Hall–Kier alpha value is -0.930. The summed E-state index contributed by atoms with van der Waals surface area (Å²) >= 11 is 5.53. The molecular formula is C9H8ClF2N. The summed E-state index contributed by atoms with van der Waals surface area (Å²) in [6, 6.07) is 2.42. The maximum Gasteiger partial charge on any atom is 0.177 e. The van der Waals surface area contributed by atoms with E-state index < -0.39 is 11.6 Å². The number of benzene rings is 1. The van der Waals surface area contributed by atoms with Crippen LogP contribution in [-0.2, 0) is 0 Å². The Bertz CT molecular complexity index is 337. The van der Waals surface area contributed by atoms with Crippen molar-refractivity contribution in [2.75, 3.05) is 6.54 Å². The highest BCUT2D eigenvalue weighted by atomic mass is 35.5. The molecule has 0 heterocycles. The minimum atomic E-state index is -1.03. The summed E-state index contributed by atoms with van der Waals surface area (Å²) in [6.45, 7) is 0.329. The van der Waals surface area contributed by atoms with Crippen LogP contribution in [0.3, 0.4) is 0 Å². The molecule has 0 spiro atoms. The summed E-state index contributed by atoms with van der Waals surface area (Å²) in [5.74, 6) is -1.98. The Morgan fingerprint density at radius 2 is 2.08 bits per heavy atom. The first-order valence-electron chi connectivity index (χ1n) is 3.67. The maximum atomic E-state index is 12.8. The van der Waals surface area contributed by atoms with Gasteiger partial charge in [-0.15, -0.1) is 0 Å². The Morgan fingerprint density at radius 1 is 1.38 bits per heavy atom. The van der Waals surface area contributed by atoms with Crippen LogP contribution in [0.5, 0.6) is 0 Å². The Labute approximate surface area is 79.8 Å². The third kappa shape index (κ3) is 2.26. The zero-order chi connectivity index (χ0) is 9.84. The van der Waals surface area contributed by atoms with Gasteiger partial charge in [-0.2, -0.15) is 0 Å². The van der Waals surface area contributed by atoms with Crippen molar-refractivity contribution >= 4 is 17.7 Å². The largest absolute Gasteiger partial charge is 0.327 e. The first kappa shape index (κ1) is 10.2. The van der Waals surface area contributed by atoms with Crippen LogP contribution in [0.15, 0.2) is 18.2 Å². The minimum absolute atomic E-state index is 0.218. The second-order valence-corrected chi connectivity index (χ2v) is 2.78. The van der Waals surface area contributed by atoms with Crippen molar-refractivity contribution in [1.29, 1.82) is 0 Å². The normalized spacial score (nSPS) is 11.1. The molecule has 2 N–H and O–H groups in total. The van der Waals surface area contributed by atoms with Crippen molar-refractivity contribution in [2.24, 2.45) is 5.73 Å². The van der Waals surface area contributed by atoms with Gasteiger partial charge in [-0.25, -0.2) is 8.78 Å². The van der Waals surface area contributed by atoms with E-state index in [1.807, 2.05) is 0 Å². The lowest BCUT2D eigenvalue weighted by Crippen LogP contribution is -1.93. The van der Waals surface area contributed by atoms with Gasteiger partial charge in [0, 0.05) is 6.54 Å². The SMILES string of the molecule is NC/C=C/c1ccc(F)c(F)c1Cl. The fourth-order valence-electron chi connectivity index (χ4n) is 0.865. The maximum absolute atomic E-state index is 12.8. The molecule has 0 unspecified atom stereocenters. The van der Waals surface area contributed by atoms with Crippen molar-refractivity contribution < 1.29 is 8.78 Å². The van der Waals surface area contributed by atoms with Gasteiger partial charge in [-0.3, -0.25) is 0 Å². The lowest BCUT2D eigenvalue weighted by atomic mass is 10.2. The van der Waals surface area contributed by atoms with E-state index in [0.29, 0.717) is 12.1 Å². The third-order valence-electron chi connectivity index (χ3n) is 1.50. The van der Waals surface area contributed by atoms with Crippen LogP contribution < -0.4 is 5.73 Å². The number of nitrogens with two attached hydrogens (primary N) is 1. The number of rotatable bonds is 2. The Kier molecular flexibility index (Phi) is 3.39. The Morgan fingerprint density at radius 3 is 2.69 bits per heavy atom. The molecule has 1 nitrogen and oxygen atoms in total. The second kappa shape index (κ2) is 4.35. The first-order chi connectivity index (χ1) is 6.16. The number of hydrogen-bond acceptors (Lipinski definition) is 1. The molecule has 0 aliphatic carbocycles. The lowest BCUT2D eigenvalue weighted by molar-refractivity contribution is 0.509. The van der Waals surface area contributed by atoms with Crippen LogP contribution in [0.4, 0.5) is 8.78 Å². The molecule has 70 valence electrons. The molecule has 0 aliphatic heterocycles. The van der Waals surface area contributed by atoms with Gasteiger partial charge >= 0.3 is 0 Å². The standard InChI is InChI=1S/C9H8ClF2N/c10-8-6(2-1-5-13)3-4-7(11)9(8)12/h1-4H,5,13H2/b2-1+. The van der Waals surface area contributed by atoms with Gasteiger partial charge in [-0.05, 0) is 11.6 Å². The fourth-order valence-corrected chi connectivity index (χ4v) is 1.08. The molecule has 0 aliphatic rings. The van der Waals surface area contributed by atoms with Crippen molar-refractivity contribution in [1.82, 2.24) is 0 Å². The van der Waals surface area contributed by atoms with Crippen LogP contribution in [0, 0.1) is 11.6 Å². The lowest BCUT2D eigenvalue weighted by Gasteiger charge is -1.99. The van der Waals surface area contributed by atoms with Crippen molar-refractivity contribution in [3.8, 4) is 0 Å². The van der Waals surface area contributed by atoms with Gasteiger partial charge < -0.3 is 5.73 Å². The van der Waals surface area contributed by atoms with Crippen molar-refractivity contribution in [2.45, 2.75) is 0 Å². The average molecular weight is 204 g/mol. The molecule has 4 heteroatoms. The van der Waals surface area contributed by atoms with Crippen LogP contribution >= 0.6 is 11.6 Å². The van der Waals surface area contributed by atoms with Crippen molar-refractivity contribution in [3.63, 3.8) is 0 Å². The molecule has 1 aromatic rings. The van der Waals surface area contributed by atoms with Gasteiger partial charge in [0.25, 0.3) is 0 Å². The number of halogens is 3. The zero-order valence-electron chi connectivity index (χ0n) is 6.73. The highest BCUT2D eigenvalue weighted by molar-refractivity contribution is 6.32. The summed E-state index contributed by atoms with van der Waals surface area (Å²) in [5.41, 5.74) is 5.62. The molecule has 0 saturated carbocycles. The van der Waals surface area contributed by atoms with Crippen LogP contribution in [-0.4, -0.2) is 6.54 Å². The van der Waals surface area contributed by atoms with Crippen LogP contribution in [0.1, 0.15) is 5.56 Å². The van der Waals surface area contributed by atoms with E-state index in [9.17, 15) is 8.78 Å². The summed E-state index contributed by atoms with van der Waals surface area (Å²) in [5, 5.41) is -0.218. The van der Waals surface area contributed by atoms with Gasteiger partial charge in [-0.1, -0.05) is 29.8 Å². The van der Waals surface area contributed by atoms with Crippen molar-refractivity contribution in [3.05, 3.63) is 40.4 Å². The highest BCUT2D eigenvalue weighted by Gasteiger charge is 2.08. The van der Waals surface area contributed by atoms with Gasteiger partial charge in [0.2, 0.25) is 0 Å².